The van der Waals surface area contributed by atoms with Crippen LogP contribution in [-0.4, -0.2) is 37.0 Å². The van der Waals surface area contributed by atoms with Crippen molar-refractivity contribution in [2.24, 2.45) is 4.99 Å². The van der Waals surface area contributed by atoms with E-state index in [1.165, 1.54) is 18.2 Å². The maximum absolute atomic E-state index is 14.0. The fourth-order valence-corrected chi connectivity index (χ4v) is 3.55. The largest absolute Gasteiger partial charge is 0.352 e. The molecule has 7 heteroatoms. The molecule has 1 aliphatic heterocycles. The minimum absolute atomic E-state index is 0.119. The van der Waals surface area contributed by atoms with Crippen LogP contribution in [0.2, 0.25) is 0 Å². The Morgan fingerprint density at radius 1 is 1.24 bits per heavy atom. The van der Waals surface area contributed by atoms with Crippen molar-refractivity contribution in [1.29, 1.82) is 5.26 Å². The molecule has 0 amide bonds. The van der Waals surface area contributed by atoms with Crippen molar-refractivity contribution in [1.82, 2.24) is 15.5 Å². The van der Waals surface area contributed by atoms with Crippen LogP contribution in [0.1, 0.15) is 29.5 Å². The van der Waals surface area contributed by atoms with E-state index in [4.69, 9.17) is 5.26 Å². The Morgan fingerprint density at radius 2 is 2.00 bits per heavy atom. The van der Waals surface area contributed by atoms with E-state index >= 15 is 0 Å². The molecule has 1 saturated heterocycles. The van der Waals surface area contributed by atoms with Crippen LogP contribution in [0, 0.1) is 23.0 Å². The maximum Gasteiger partial charge on any atom is 0.191 e. The maximum atomic E-state index is 14.0. The summed E-state index contributed by atoms with van der Waals surface area (Å²) in [5, 5.41) is 15.7. The lowest BCUT2D eigenvalue weighted by Crippen LogP contribution is -2.50. The zero-order chi connectivity index (χ0) is 20.6. The summed E-state index contributed by atoms with van der Waals surface area (Å²) in [6.07, 6.45) is 1.90. The van der Waals surface area contributed by atoms with Crippen molar-refractivity contribution in [2.45, 2.75) is 32.0 Å². The molecule has 29 heavy (non-hydrogen) atoms. The van der Waals surface area contributed by atoms with Gasteiger partial charge in [0.2, 0.25) is 0 Å². The van der Waals surface area contributed by atoms with E-state index in [1.807, 2.05) is 18.2 Å². The number of rotatable bonds is 5. The molecule has 3 rings (SSSR count). The van der Waals surface area contributed by atoms with Crippen LogP contribution >= 0.6 is 0 Å². The van der Waals surface area contributed by atoms with Gasteiger partial charge >= 0.3 is 0 Å². The number of nitrogens with one attached hydrogen (secondary N) is 2. The number of nitrogens with zero attached hydrogens (tertiary/aromatic N) is 3. The summed E-state index contributed by atoms with van der Waals surface area (Å²) in [6.45, 7) is 2.28. The first-order valence-corrected chi connectivity index (χ1v) is 9.70. The fourth-order valence-electron chi connectivity index (χ4n) is 3.55. The highest BCUT2D eigenvalue weighted by molar-refractivity contribution is 5.80. The van der Waals surface area contributed by atoms with Gasteiger partial charge in [0.1, 0.15) is 11.6 Å². The number of nitriles is 1. The lowest BCUT2D eigenvalue weighted by Gasteiger charge is -2.34. The molecule has 5 nitrogen and oxygen atoms in total. The summed E-state index contributed by atoms with van der Waals surface area (Å²) in [6, 6.07) is 13.7. The second-order valence-electron chi connectivity index (χ2n) is 7.16. The van der Waals surface area contributed by atoms with E-state index in [-0.39, 0.29) is 18.2 Å². The van der Waals surface area contributed by atoms with Gasteiger partial charge in [-0.15, -0.1) is 0 Å². The zero-order valence-electron chi connectivity index (χ0n) is 16.5. The number of guanidine groups is 1. The summed E-state index contributed by atoms with van der Waals surface area (Å²) >= 11 is 0. The van der Waals surface area contributed by atoms with E-state index in [2.05, 4.69) is 26.6 Å². The van der Waals surface area contributed by atoms with Gasteiger partial charge in [-0.25, -0.2) is 8.78 Å². The molecule has 0 aliphatic carbocycles. The molecule has 2 aromatic carbocycles. The Morgan fingerprint density at radius 3 is 2.72 bits per heavy atom. The third-order valence-electron chi connectivity index (χ3n) is 5.03. The van der Waals surface area contributed by atoms with E-state index < -0.39 is 11.6 Å². The molecule has 152 valence electrons. The van der Waals surface area contributed by atoms with E-state index in [1.54, 1.807) is 13.1 Å². The van der Waals surface area contributed by atoms with Gasteiger partial charge < -0.3 is 10.6 Å². The number of likely N-dealkylation sites (tertiary alicyclic amines) is 1. The summed E-state index contributed by atoms with van der Waals surface area (Å²) in [4.78, 5) is 6.33. The van der Waals surface area contributed by atoms with Crippen molar-refractivity contribution in [3.05, 3.63) is 70.8 Å². The highest BCUT2D eigenvalue weighted by Gasteiger charge is 2.22. The Kier molecular flexibility index (Phi) is 7.14. The molecule has 0 saturated carbocycles. The van der Waals surface area contributed by atoms with Crippen LogP contribution < -0.4 is 10.6 Å². The lowest BCUT2D eigenvalue weighted by atomic mass is 10.0. The van der Waals surface area contributed by atoms with E-state index in [0.717, 1.165) is 24.9 Å². The molecule has 1 heterocycles. The number of halogens is 2. The SMILES string of the molecule is CN=C(NCc1cccc(C#N)c1)NC1CCCN(Cc2c(F)cccc2F)C1. The van der Waals surface area contributed by atoms with Crippen molar-refractivity contribution < 1.29 is 8.78 Å². The second-order valence-corrected chi connectivity index (χ2v) is 7.16. The fraction of sp³-hybridized carbons (Fsp3) is 0.364. The first-order chi connectivity index (χ1) is 14.1. The number of hydrogen-bond donors (Lipinski definition) is 2. The predicted octanol–water partition coefficient (Wildman–Crippen LogP) is 3.17. The van der Waals surface area contributed by atoms with Crippen molar-refractivity contribution in [3.8, 4) is 6.07 Å². The Bertz CT molecular complexity index is 886. The van der Waals surface area contributed by atoms with Crippen LogP contribution in [0.4, 0.5) is 8.78 Å². The molecular weight excluding hydrogens is 372 g/mol. The van der Waals surface area contributed by atoms with E-state index in [0.29, 0.717) is 24.6 Å². The average Bonchev–Trinajstić information content (AvgIpc) is 2.74. The number of hydrogen-bond acceptors (Lipinski definition) is 3. The topological polar surface area (TPSA) is 63.5 Å². The van der Waals surface area contributed by atoms with Crippen molar-refractivity contribution in [2.75, 3.05) is 20.1 Å². The average molecular weight is 397 g/mol. The molecule has 2 aromatic rings. The van der Waals surface area contributed by atoms with Crippen LogP contribution in [-0.2, 0) is 13.1 Å². The Hall–Kier alpha value is -2.98. The summed E-state index contributed by atoms with van der Waals surface area (Å²) in [5.41, 5.74) is 1.73. The molecule has 1 aliphatic rings. The van der Waals surface area contributed by atoms with Gasteiger partial charge in [-0.2, -0.15) is 5.26 Å². The normalized spacial score (nSPS) is 17.6. The smallest absolute Gasteiger partial charge is 0.191 e. The quantitative estimate of drug-likeness (QED) is 0.601. The van der Waals surface area contributed by atoms with Crippen molar-refractivity contribution in [3.63, 3.8) is 0 Å². The Balaban J connectivity index is 1.55. The molecule has 2 N–H and O–H groups in total. The van der Waals surface area contributed by atoms with Crippen LogP contribution in [0.15, 0.2) is 47.5 Å². The van der Waals surface area contributed by atoms with Gasteiger partial charge in [0.15, 0.2) is 5.96 Å². The van der Waals surface area contributed by atoms with Gasteiger partial charge in [-0.1, -0.05) is 18.2 Å². The minimum Gasteiger partial charge on any atom is -0.352 e. The number of piperidine rings is 1. The van der Waals surface area contributed by atoms with E-state index in [9.17, 15) is 8.78 Å². The third-order valence-corrected chi connectivity index (χ3v) is 5.03. The standard InChI is InChI=1S/C22H25F2N5/c1-26-22(27-13-17-6-2-5-16(11-17)12-25)28-18-7-4-10-29(14-18)15-19-20(23)8-3-9-21(19)24/h2-3,5-6,8-9,11,18H,4,7,10,13-15H2,1H3,(H2,26,27,28). The van der Waals surface area contributed by atoms with Gasteiger partial charge in [0.25, 0.3) is 0 Å². The molecule has 0 spiro atoms. The van der Waals surface area contributed by atoms with Crippen molar-refractivity contribution >= 4 is 5.96 Å². The van der Waals surface area contributed by atoms with Gasteiger partial charge in [0, 0.05) is 38.3 Å². The van der Waals surface area contributed by atoms with Crippen LogP contribution in [0.5, 0.6) is 0 Å². The summed E-state index contributed by atoms with van der Waals surface area (Å²) < 4.78 is 27.9. The summed E-state index contributed by atoms with van der Waals surface area (Å²) in [5.74, 6) is -0.342. The molecule has 0 aromatic heterocycles. The Labute approximate surface area is 170 Å². The van der Waals surface area contributed by atoms with Gasteiger partial charge in [0.05, 0.1) is 11.6 Å². The first-order valence-electron chi connectivity index (χ1n) is 9.70. The molecule has 1 fully saturated rings. The molecule has 1 atom stereocenters. The third kappa shape index (κ3) is 5.75. The minimum atomic E-state index is -0.503. The zero-order valence-corrected chi connectivity index (χ0v) is 16.5. The molecule has 0 radical (unpaired) electrons. The highest BCUT2D eigenvalue weighted by atomic mass is 19.1. The van der Waals surface area contributed by atoms with Gasteiger partial charge in [-0.05, 0) is 49.2 Å². The number of benzene rings is 2. The first kappa shape index (κ1) is 20.7. The van der Waals surface area contributed by atoms with Crippen LogP contribution in [0.3, 0.4) is 0 Å². The van der Waals surface area contributed by atoms with Gasteiger partial charge in [-0.3, -0.25) is 9.89 Å². The molecule has 1 unspecified atom stereocenters. The van der Waals surface area contributed by atoms with Crippen LogP contribution in [0.25, 0.3) is 0 Å². The summed E-state index contributed by atoms with van der Waals surface area (Å²) in [7, 11) is 1.70. The predicted molar refractivity (Wildman–Crippen MR) is 109 cm³/mol. The monoisotopic (exact) mass is 397 g/mol. The molecule has 0 bridgehead atoms. The highest BCUT2D eigenvalue weighted by Crippen LogP contribution is 2.18. The second kappa shape index (κ2) is 9.99. The lowest BCUT2D eigenvalue weighted by molar-refractivity contribution is 0.188. The molecular formula is C22H25F2N5. The number of aliphatic imine (C=N–C) groups is 1.